The molecule has 0 atom stereocenters. The molecule has 0 unspecified atom stereocenters. The lowest BCUT2D eigenvalue weighted by molar-refractivity contribution is -0.120. The molecular weight excluding hydrogens is 216 g/mol. The molecule has 17 heavy (non-hydrogen) atoms. The topological polar surface area (TPSA) is 61.4 Å². The second-order valence-electron chi connectivity index (χ2n) is 5.01. The first-order valence-corrected chi connectivity index (χ1v) is 6.87. The van der Waals surface area contributed by atoms with Crippen molar-refractivity contribution in [2.75, 3.05) is 19.6 Å². The van der Waals surface area contributed by atoms with Gasteiger partial charge in [-0.25, -0.2) is 0 Å². The molecule has 0 aromatic heterocycles. The van der Waals surface area contributed by atoms with Gasteiger partial charge in [0, 0.05) is 6.54 Å². The minimum atomic E-state index is -0.0939. The molecule has 0 aliphatic heterocycles. The van der Waals surface area contributed by atoms with Crippen LogP contribution in [0.15, 0.2) is 0 Å². The van der Waals surface area contributed by atoms with Gasteiger partial charge in [0.25, 0.3) is 0 Å². The fourth-order valence-electron chi connectivity index (χ4n) is 2.21. The third-order valence-electron chi connectivity index (χ3n) is 3.39. The number of nitrogens with one attached hydrogen (secondary N) is 2. The zero-order chi connectivity index (χ0) is 12.5. The minimum absolute atomic E-state index is 0.0919. The van der Waals surface area contributed by atoms with Crippen LogP contribution in [0.4, 0.5) is 0 Å². The van der Waals surface area contributed by atoms with Gasteiger partial charge in [-0.1, -0.05) is 13.3 Å². The van der Waals surface area contributed by atoms with Crippen molar-refractivity contribution in [1.82, 2.24) is 10.6 Å². The van der Waals surface area contributed by atoms with Crippen LogP contribution in [-0.2, 0) is 4.79 Å². The van der Waals surface area contributed by atoms with E-state index < -0.39 is 0 Å². The van der Waals surface area contributed by atoms with E-state index >= 15 is 0 Å². The highest BCUT2D eigenvalue weighted by Gasteiger charge is 2.18. The number of amides is 1. The molecule has 1 aliphatic rings. The summed E-state index contributed by atoms with van der Waals surface area (Å²) in [6, 6.07) is 0. The highest BCUT2D eigenvalue weighted by molar-refractivity contribution is 5.77. The van der Waals surface area contributed by atoms with Crippen LogP contribution in [0, 0.1) is 5.92 Å². The Kier molecular flexibility index (Phi) is 7.21. The van der Waals surface area contributed by atoms with Gasteiger partial charge in [0.2, 0.25) is 5.91 Å². The summed E-state index contributed by atoms with van der Waals surface area (Å²) in [6.45, 7) is 4.21. The summed E-state index contributed by atoms with van der Waals surface area (Å²) in [4.78, 5) is 11.4. The Morgan fingerprint density at radius 1 is 1.29 bits per heavy atom. The van der Waals surface area contributed by atoms with Gasteiger partial charge in [0.05, 0.1) is 12.6 Å². The van der Waals surface area contributed by atoms with Gasteiger partial charge in [-0.3, -0.25) is 4.79 Å². The molecule has 1 rings (SSSR count). The second-order valence-corrected chi connectivity index (χ2v) is 5.01. The van der Waals surface area contributed by atoms with Gasteiger partial charge < -0.3 is 15.7 Å². The SMILES string of the molecule is CCCCNC(=O)CNCC1CCC(O)CC1. The second kappa shape index (κ2) is 8.48. The van der Waals surface area contributed by atoms with Crippen LogP contribution < -0.4 is 10.6 Å². The molecule has 1 aliphatic carbocycles. The van der Waals surface area contributed by atoms with Crippen molar-refractivity contribution in [3.8, 4) is 0 Å². The summed E-state index contributed by atoms with van der Waals surface area (Å²) in [6.07, 6.45) is 6.04. The molecule has 1 amide bonds. The molecule has 0 aromatic carbocycles. The third-order valence-corrected chi connectivity index (χ3v) is 3.39. The zero-order valence-electron chi connectivity index (χ0n) is 10.9. The smallest absolute Gasteiger partial charge is 0.233 e. The van der Waals surface area contributed by atoms with E-state index in [0.29, 0.717) is 12.5 Å². The van der Waals surface area contributed by atoms with E-state index in [1.807, 2.05) is 0 Å². The summed E-state index contributed by atoms with van der Waals surface area (Å²) in [5, 5.41) is 15.5. The van der Waals surface area contributed by atoms with Gasteiger partial charge >= 0.3 is 0 Å². The van der Waals surface area contributed by atoms with Crippen molar-refractivity contribution in [3.63, 3.8) is 0 Å². The van der Waals surface area contributed by atoms with Crippen LogP contribution >= 0.6 is 0 Å². The maximum atomic E-state index is 11.4. The highest BCUT2D eigenvalue weighted by atomic mass is 16.3. The van der Waals surface area contributed by atoms with Crippen LogP contribution in [0.5, 0.6) is 0 Å². The minimum Gasteiger partial charge on any atom is -0.393 e. The molecule has 3 N–H and O–H groups in total. The molecular formula is C13H26N2O2. The summed E-state index contributed by atoms with van der Waals surface area (Å²) < 4.78 is 0. The molecule has 0 aromatic rings. The highest BCUT2D eigenvalue weighted by Crippen LogP contribution is 2.23. The molecule has 100 valence electrons. The lowest BCUT2D eigenvalue weighted by atomic mass is 9.87. The number of hydrogen-bond donors (Lipinski definition) is 3. The zero-order valence-corrected chi connectivity index (χ0v) is 10.9. The van der Waals surface area contributed by atoms with E-state index in [1.54, 1.807) is 0 Å². The van der Waals surface area contributed by atoms with E-state index in [4.69, 9.17) is 0 Å². The van der Waals surface area contributed by atoms with Crippen LogP contribution in [0.3, 0.4) is 0 Å². The molecule has 0 saturated heterocycles. The lowest BCUT2D eigenvalue weighted by Crippen LogP contribution is -2.37. The largest absolute Gasteiger partial charge is 0.393 e. The fourth-order valence-corrected chi connectivity index (χ4v) is 2.21. The lowest BCUT2D eigenvalue weighted by Gasteiger charge is -2.25. The number of aliphatic hydroxyl groups excluding tert-OH is 1. The Morgan fingerprint density at radius 3 is 2.65 bits per heavy atom. The first-order valence-electron chi connectivity index (χ1n) is 6.87. The first kappa shape index (κ1) is 14.5. The molecule has 0 bridgehead atoms. The number of unbranched alkanes of at least 4 members (excludes halogenated alkanes) is 1. The molecule has 0 radical (unpaired) electrons. The first-order chi connectivity index (χ1) is 8.22. The van der Waals surface area contributed by atoms with Crippen molar-refractivity contribution < 1.29 is 9.90 Å². The Morgan fingerprint density at radius 2 is 2.00 bits per heavy atom. The van der Waals surface area contributed by atoms with Gasteiger partial charge in [-0.15, -0.1) is 0 Å². The quantitative estimate of drug-likeness (QED) is 0.585. The van der Waals surface area contributed by atoms with E-state index in [2.05, 4.69) is 17.6 Å². The Balaban J connectivity index is 1.97. The van der Waals surface area contributed by atoms with Gasteiger partial charge in [-0.05, 0) is 44.6 Å². The van der Waals surface area contributed by atoms with E-state index in [1.165, 1.54) is 0 Å². The summed E-state index contributed by atoms with van der Waals surface area (Å²) >= 11 is 0. The van der Waals surface area contributed by atoms with E-state index in [9.17, 15) is 9.90 Å². The number of aliphatic hydroxyl groups is 1. The van der Waals surface area contributed by atoms with Crippen LogP contribution in [0.25, 0.3) is 0 Å². The summed E-state index contributed by atoms with van der Waals surface area (Å²) in [7, 11) is 0. The van der Waals surface area contributed by atoms with Gasteiger partial charge in [-0.2, -0.15) is 0 Å². The summed E-state index contributed by atoms with van der Waals surface area (Å²) in [5.74, 6) is 0.719. The molecule has 1 fully saturated rings. The predicted octanol–water partition coefficient (Wildman–Crippen LogP) is 1.04. The molecule has 0 heterocycles. The summed E-state index contributed by atoms with van der Waals surface area (Å²) in [5.41, 5.74) is 0. The van der Waals surface area contributed by atoms with Crippen molar-refractivity contribution in [2.45, 2.75) is 51.6 Å². The van der Waals surface area contributed by atoms with Crippen molar-refractivity contribution in [2.24, 2.45) is 5.92 Å². The van der Waals surface area contributed by atoms with Crippen molar-refractivity contribution in [1.29, 1.82) is 0 Å². The maximum absolute atomic E-state index is 11.4. The monoisotopic (exact) mass is 242 g/mol. The van der Waals surface area contributed by atoms with Crippen LogP contribution in [-0.4, -0.2) is 36.8 Å². The van der Waals surface area contributed by atoms with E-state index in [0.717, 1.165) is 51.6 Å². The molecule has 0 spiro atoms. The van der Waals surface area contributed by atoms with Crippen molar-refractivity contribution >= 4 is 5.91 Å². The average Bonchev–Trinajstić information content (AvgIpc) is 2.32. The predicted molar refractivity (Wildman–Crippen MR) is 68.8 cm³/mol. The molecule has 4 nitrogen and oxygen atoms in total. The van der Waals surface area contributed by atoms with Gasteiger partial charge in [0.15, 0.2) is 0 Å². The molecule has 4 heteroatoms. The number of carbonyl (C=O) groups is 1. The number of carbonyl (C=O) groups excluding carboxylic acids is 1. The normalized spacial score (nSPS) is 24.6. The van der Waals surface area contributed by atoms with Crippen LogP contribution in [0.2, 0.25) is 0 Å². The Bertz CT molecular complexity index is 213. The fraction of sp³-hybridized carbons (Fsp3) is 0.923. The van der Waals surface area contributed by atoms with Crippen LogP contribution in [0.1, 0.15) is 45.4 Å². The third kappa shape index (κ3) is 6.64. The average molecular weight is 242 g/mol. The Hall–Kier alpha value is -0.610. The molecule has 1 saturated carbocycles. The number of rotatable bonds is 7. The van der Waals surface area contributed by atoms with E-state index in [-0.39, 0.29) is 12.0 Å². The van der Waals surface area contributed by atoms with Crippen molar-refractivity contribution in [3.05, 3.63) is 0 Å². The Labute approximate surface area is 104 Å². The maximum Gasteiger partial charge on any atom is 0.233 e. The van der Waals surface area contributed by atoms with Gasteiger partial charge in [0.1, 0.15) is 0 Å². The standard InChI is InChI=1S/C13H26N2O2/c1-2-3-8-15-13(17)10-14-9-11-4-6-12(16)7-5-11/h11-12,14,16H,2-10H2,1H3,(H,15,17). The number of hydrogen-bond acceptors (Lipinski definition) is 3.